The van der Waals surface area contributed by atoms with Crippen LogP contribution < -0.4 is 10.3 Å². The Morgan fingerprint density at radius 3 is 2.24 bits per heavy atom. The molecular weight excluding hydrogens is 498 g/mol. The fraction of sp³-hybridized carbons (Fsp3) is 0.333. The third-order valence-corrected chi connectivity index (χ3v) is 9.12. The standard InChI is InChI=1S/C30H35N3O4S/c1-7-8-17-32(38(35,36)28-21(3)18-20(2)19-22(28)4)23(5)29-31-27-12-10-9-11-26(27)30(34)33(29)24-13-15-25(37-6)16-14-24/h9-16,18-19,23H,7-8,17H2,1-6H3. The van der Waals surface area contributed by atoms with Gasteiger partial charge in [-0.15, -0.1) is 0 Å². The van der Waals surface area contributed by atoms with Crippen LogP contribution in [0.25, 0.3) is 16.6 Å². The van der Waals surface area contributed by atoms with Crippen molar-refractivity contribution in [2.45, 2.75) is 58.4 Å². The summed E-state index contributed by atoms with van der Waals surface area (Å²) in [6.07, 6.45) is 1.49. The number of fused-ring (bicyclic) bond motifs is 1. The number of hydrogen-bond donors (Lipinski definition) is 0. The number of benzene rings is 3. The first-order valence-electron chi connectivity index (χ1n) is 12.9. The minimum Gasteiger partial charge on any atom is -0.497 e. The molecule has 0 aliphatic carbocycles. The van der Waals surface area contributed by atoms with Gasteiger partial charge in [0.25, 0.3) is 5.56 Å². The molecule has 1 aromatic heterocycles. The van der Waals surface area contributed by atoms with Crippen molar-refractivity contribution in [3.8, 4) is 11.4 Å². The summed E-state index contributed by atoms with van der Waals surface area (Å²) in [5, 5.41) is 0.465. The molecule has 0 N–H and O–H groups in total. The molecule has 0 fully saturated rings. The monoisotopic (exact) mass is 533 g/mol. The second kappa shape index (κ2) is 11.1. The topological polar surface area (TPSA) is 81.5 Å². The molecule has 1 unspecified atom stereocenters. The normalized spacial score (nSPS) is 12.7. The number of sulfonamides is 1. The fourth-order valence-corrected chi connectivity index (χ4v) is 7.11. The van der Waals surface area contributed by atoms with Gasteiger partial charge in [0.05, 0.1) is 34.6 Å². The molecule has 1 atom stereocenters. The fourth-order valence-electron chi connectivity index (χ4n) is 5.07. The van der Waals surface area contributed by atoms with Crippen LogP contribution >= 0.6 is 0 Å². The maximum absolute atomic E-state index is 14.3. The molecule has 0 saturated carbocycles. The SMILES string of the molecule is CCCCN(C(C)c1nc2ccccc2c(=O)n1-c1ccc(OC)cc1)S(=O)(=O)c1c(C)cc(C)cc1C. The van der Waals surface area contributed by atoms with Gasteiger partial charge in [0.1, 0.15) is 11.6 Å². The predicted octanol–water partition coefficient (Wildman–Crippen LogP) is 5.87. The van der Waals surface area contributed by atoms with E-state index in [1.54, 1.807) is 49.6 Å². The average Bonchev–Trinajstić information content (AvgIpc) is 2.88. The van der Waals surface area contributed by atoms with E-state index < -0.39 is 16.1 Å². The Labute approximate surface area is 224 Å². The molecule has 1 heterocycles. The summed E-state index contributed by atoms with van der Waals surface area (Å²) in [4.78, 5) is 19.0. The first-order valence-corrected chi connectivity index (χ1v) is 14.3. The largest absolute Gasteiger partial charge is 0.497 e. The molecule has 0 aliphatic heterocycles. The lowest BCUT2D eigenvalue weighted by Gasteiger charge is -2.31. The third kappa shape index (κ3) is 5.11. The highest BCUT2D eigenvalue weighted by atomic mass is 32.2. The Morgan fingerprint density at radius 2 is 1.63 bits per heavy atom. The Morgan fingerprint density at radius 1 is 1.00 bits per heavy atom. The summed E-state index contributed by atoms with van der Waals surface area (Å²) < 4.78 is 36.9. The van der Waals surface area contributed by atoms with Gasteiger partial charge in [-0.2, -0.15) is 4.31 Å². The number of rotatable bonds is 9. The summed E-state index contributed by atoms with van der Waals surface area (Å²) in [5.74, 6) is 1.02. The first kappa shape index (κ1) is 27.5. The van der Waals surface area contributed by atoms with Gasteiger partial charge in [-0.05, 0) is 81.6 Å². The molecule has 0 radical (unpaired) electrons. The van der Waals surface area contributed by atoms with E-state index in [1.165, 1.54) is 8.87 Å². The highest BCUT2D eigenvalue weighted by Crippen LogP contribution is 2.32. The lowest BCUT2D eigenvalue weighted by molar-refractivity contribution is 0.322. The van der Waals surface area contributed by atoms with E-state index in [0.29, 0.717) is 57.2 Å². The number of hydrogen-bond acceptors (Lipinski definition) is 5. The molecule has 4 rings (SSSR count). The summed E-state index contributed by atoms with van der Waals surface area (Å²) >= 11 is 0. The zero-order valence-corrected chi connectivity index (χ0v) is 23.7. The van der Waals surface area contributed by atoms with Gasteiger partial charge >= 0.3 is 0 Å². The molecule has 0 aliphatic rings. The van der Waals surface area contributed by atoms with Crippen LogP contribution in [0.1, 0.15) is 55.2 Å². The van der Waals surface area contributed by atoms with Crippen molar-refractivity contribution in [2.24, 2.45) is 0 Å². The van der Waals surface area contributed by atoms with E-state index >= 15 is 0 Å². The number of nitrogens with zero attached hydrogens (tertiary/aromatic N) is 3. The number of aryl methyl sites for hydroxylation is 3. The zero-order chi connectivity index (χ0) is 27.6. The molecule has 0 bridgehead atoms. The minimum atomic E-state index is -3.92. The molecule has 200 valence electrons. The summed E-state index contributed by atoms with van der Waals surface area (Å²) in [6.45, 7) is 9.76. The van der Waals surface area contributed by atoms with Crippen LogP contribution in [0.3, 0.4) is 0 Å². The van der Waals surface area contributed by atoms with Crippen LogP contribution in [-0.4, -0.2) is 35.9 Å². The van der Waals surface area contributed by atoms with Crippen LogP contribution in [-0.2, 0) is 10.0 Å². The summed E-state index contributed by atoms with van der Waals surface area (Å²) in [7, 11) is -2.34. The molecule has 0 saturated heterocycles. The van der Waals surface area contributed by atoms with Crippen molar-refractivity contribution in [3.05, 3.63) is 93.5 Å². The van der Waals surface area contributed by atoms with E-state index in [2.05, 4.69) is 0 Å². The van der Waals surface area contributed by atoms with Gasteiger partial charge in [0, 0.05) is 6.54 Å². The minimum absolute atomic E-state index is 0.252. The maximum atomic E-state index is 14.3. The highest BCUT2D eigenvalue weighted by Gasteiger charge is 2.34. The van der Waals surface area contributed by atoms with E-state index in [0.717, 1.165) is 12.0 Å². The summed E-state index contributed by atoms with van der Waals surface area (Å²) in [5.41, 5.74) is 3.28. The van der Waals surface area contributed by atoms with Crippen molar-refractivity contribution >= 4 is 20.9 Å². The Kier molecular flexibility index (Phi) is 8.04. The number of unbranched alkanes of at least 4 members (excludes halogenated alkanes) is 1. The molecular formula is C30H35N3O4S. The number of ether oxygens (including phenoxy) is 1. The number of methoxy groups -OCH3 is 1. The number of aromatic nitrogens is 2. The van der Waals surface area contributed by atoms with Crippen molar-refractivity contribution in [1.82, 2.24) is 13.9 Å². The molecule has 0 spiro atoms. The lowest BCUT2D eigenvalue weighted by atomic mass is 10.1. The lowest BCUT2D eigenvalue weighted by Crippen LogP contribution is -2.38. The van der Waals surface area contributed by atoms with Gasteiger partial charge < -0.3 is 4.74 Å². The Balaban J connectivity index is 1.97. The maximum Gasteiger partial charge on any atom is 0.266 e. The molecule has 8 heteroatoms. The summed E-state index contributed by atoms with van der Waals surface area (Å²) in [6, 6.07) is 17.3. The van der Waals surface area contributed by atoms with Crippen molar-refractivity contribution in [2.75, 3.05) is 13.7 Å². The highest BCUT2D eigenvalue weighted by molar-refractivity contribution is 7.89. The first-order chi connectivity index (χ1) is 18.1. The molecule has 3 aromatic carbocycles. The van der Waals surface area contributed by atoms with E-state index in [1.807, 2.05) is 52.8 Å². The van der Waals surface area contributed by atoms with Crippen LogP contribution in [0.2, 0.25) is 0 Å². The van der Waals surface area contributed by atoms with Crippen LogP contribution in [0.4, 0.5) is 0 Å². The van der Waals surface area contributed by atoms with E-state index in [-0.39, 0.29) is 5.56 Å². The zero-order valence-electron chi connectivity index (χ0n) is 22.9. The molecule has 7 nitrogen and oxygen atoms in total. The average molecular weight is 534 g/mol. The van der Waals surface area contributed by atoms with Crippen molar-refractivity contribution in [3.63, 3.8) is 0 Å². The van der Waals surface area contributed by atoms with Gasteiger partial charge in [-0.3, -0.25) is 9.36 Å². The molecule has 38 heavy (non-hydrogen) atoms. The van der Waals surface area contributed by atoms with E-state index in [4.69, 9.17) is 9.72 Å². The Hall–Kier alpha value is -3.49. The van der Waals surface area contributed by atoms with Crippen molar-refractivity contribution < 1.29 is 13.2 Å². The van der Waals surface area contributed by atoms with Crippen LogP contribution in [0.15, 0.2) is 70.4 Å². The second-order valence-electron chi connectivity index (χ2n) is 9.70. The van der Waals surface area contributed by atoms with Gasteiger partial charge in [-0.25, -0.2) is 13.4 Å². The predicted molar refractivity (Wildman–Crippen MR) is 152 cm³/mol. The number of para-hydroxylation sites is 1. The van der Waals surface area contributed by atoms with Gasteiger partial charge in [0.2, 0.25) is 10.0 Å². The van der Waals surface area contributed by atoms with Gasteiger partial charge in [-0.1, -0.05) is 43.2 Å². The third-order valence-electron chi connectivity index (χ3n) is 6.84. The van der Waals surface area contributed by atoms with Crippen LogP contribution in [0, 0.1) is 20.8 Å². The molecule has 0 amide bonds. The Bertz CT molecular complexity index is 1600. The van der Waals surface area contributed by atoms with Gasteiger partial charge in [0.15, 0.2) is 0 Å². The second-order valence-corrected chi connectivity index (χ2v) is 11.5. The smallest absolute Gasteiger partial charge is 0.266 e. The van der Waals surface area contributed by atoms with Crippen molar-refractivity contribution in [1.29, 1.82) is 0 Å². The molecule has 4 aromatic rings. The quantitative estimate of drug-likeness (QED) is 0.269. The van der Waals surface area contributed by atoms with Crippen LogP contribution in [0.5, 0.6) is 5.75 Å². The van der Waals surface area contributed by atoms with E-state index in [9.17, 15) is 13.2 Å².